The quantitative estimate of drug-likeness (QED) is 0.561. The van der Waals surface area contributed by atoms with Gasteiger partial charge in [0.15, 0.2) is 11.5 Å². The highest BCUT2D eigenvalue weighted by atomic mass is 35.5. The Morgan fingerprint density at radius 1 is 1.16 bits per heavy atom. The molecule has 0 atom stereocenters. The molecule has 0 radical (unpaired) electrons. The fraction of sp³-hybridized carbons (Fsp3) is 0.682. The highest BCUT2D eigenvalue weighted by molar-refractivity contribution is 7.86. The van der Waals surface area contributed by atoms with Crippen molar-refractivity contribution in [1.82, 2.24) is 13.5 Å². The molecule has 0 spiro atoms. The molecule has 1 aliphatic carbocycles. The maximum atomic E-state index is 13.1. The van der Waals surface area contributed by atoms with Crippen LogP contribution in [-0.2, 0) is 10.2 Å². The Labute approximate surface area is 196 Å². The Hall–Kier alpha value is -1.55. The number of nitrogens with zero attached hydrogens (tertiary/aromatic N) is 3. The molecule has 0 aromatic heterocycles. The predicted octanol–water partition coefficient (Wildman–Crippen LogP) is 3.40. The highest BCUT2D eigenvalue weighted by Gasteiger charge is 2.35. The van der Waals surface area contributed by atoms with Gasteiger partial charge in [-0.05, 0) is 31.4 Å². The van der Waals surface area contributed by atoms with Crippen LogP contribution in [0.15, 0.2) is 12.1 Å². The number of hydrogen-bond acceptors (Lipinski definition) is 5. The van der Waals surface area contributed by atoms with Gasteiger partial charge in [0, 0.05) is 44.8 Å². The van der Waals surface area contributed by atoms with Gasteiger partial charge in [-0.25, -0.2) is 0 Å². The van der Waals surface area contributed by atoms with Crippen LogP contribution >= 0.6 is 11.6 Å². The zero-order chi connectivity index (χ0) is 23.3. The van der Waals surface area contributed by atoms with Crippen LogP contribution in [0.2, 0.25) is 5.02 Å². The van der Waals surface area contributed by atoms with Crippen LogP contribution < -0.4 is 9.47 Å². The van der Waals surface area contributed by atoms with E-state index in [0.29, 0.717) is 41.8 Å². The van der Waals surface area contributed by atoms with Crippen molar-refractivity contribution in [2.75, 3.05) is 46.9 Å². The average molecular weight is 488 g/mol. The molecular formula is C22H34ClN3O5S. The van der Waals surface area contributed by atoms with Crippen molar-refractivity contribution in [3.05, 3.63) is 22.7 Å². The van der Waals surface area contributed by atoms with Gasteiger partial charge in [-0.15, -0.1) is 0 Å². The lowest BCUT2D eigenvalue weighted by Gasteiger charge is -2.38. The number of ether oxygens (including phenoxy) is 2. The summed E-state index contributed by atoms with van der Waals surface area (Å²) in [4.78, 5) is 14.7. The molecule has 8 nitrogen and oxygen atoms in total. The number of benzene rings is 1. The molecule has 1 aliphatic heterocycles. The van der Waals surface area contributed by atoms with Crippen molar-refractivity contribution in [3.63, 3.8) is 0 Å². The van der Waals surface area contributed by atoms with Gasteiger partial charge < -0.3 is 14.4 Å². The van der Waals surface area contributed by atoms with Gasteiger partial charge in [0.1, 0.15) is 0 Å². The zero-order valence-electron chi connectivity index (χ0n) is 19.2. The van der Waals surface area contributed by atoms with Gasteiger partial charge in [-0.2, -0.15) is 17.0 Å². The average Bonchev–Trinajstić information content (AvgIpc) is 2.82. The van der Waals surface area contributed by atoms with E-state index in [1.807, 2.05) is 6.92 Å². The van der Waals surface area contributed by atoms with Crippen LogP contribution in [0, 0.1) is 0 Å². The van der Waals surface area contributed by atoms with Crippen molar-refractivity contribution in [2.45, 2.75) is 51.5 Å². The van der Waals surface area contributed by atoms with E-state index in [9.17, 15) is 13.2 Å². The molecule has 1 heterocycles. The van der Waals surface area contributed by atoms with E-state index in [4.69, 9.17) is 21.1 Å². The normalized spacial score (nSPS) is 18.7. The minimum atomic E-state index is -3.54. The molecule has 0 bridgehead atoms. The van der Waals surface area contributed by atoms with Crippen molar-refractivity contribution < 1.29 is 22.7 Å². The minimum Gasteiger partial charge on any atom is -0.493 e. The van der Waals surface area contributed by atoms with E-state index in [-0.39, 0.29) is 25.0 Å². The topological polar surface area (TPSA) is 79.4 Å². The van der Waals surface area contributed by atoms with Crippen LogP contribution in [-0.4, -0.2) is 80.8 Å². The van der Waals surface area contributed by atoms with Gasteiger partial charge in [0.05, 0.1) is 18.7 Å². The summed E-state index contributed by atoms with van der Waals surface area (Å²) >= 11 is 6.35. The van der Waals surface area contributed by atoms with Crippen LogP contribution in [0.25, 0.3) is 0 Å². The molecule has 1 aromatic carbocycles. The Morgan fingerprint density at radius 3 is 2.41 bits per heavy atom. The highest BCUT2D eigenvalue weighted by Crippen LogP contribution is 2.37. The second kappa shape index (κ2) is 11.0. The monoisotopic (exact) mass is 487 g/mol. The lowest BCUT2D eigenvalue weighted by molar-refractivity contribution is 0.0692. The first-order chi connectivity index (χ1) is 15.3. The summed E-state index contributed by atoms with van der Waals surface area (Å²) in [5.41, 5.74) is 0.395. The molecule has 10 heteroatoms. The fourth-order valence-electron chi connectivity index (χ4n) is 4.31. The van der Waals surface area contributed by atoms with Crippen molar-refractivity contribution in [2.24, 2.45) is 0 Å². The number of amides is 1. The first kappa shape index (κ1) is 25.1. The molecule has 32 heavy (non-hydrogen) atoms. The van der Waals surface area contributed by atoms with E-state index >= 15 is 0 Å². The SMILES string of the molecule is CCCOc1c(Cl)cc(C(=O)N2CCN(S(=O)(=O)N(C)C3CCCCC3)CC2)cc1OC. The molecule has 1 saturated heterocycles. The lowest BCUT2D eigenvalue weighted by Crippen LogP contribution is -2.55. The molecule has 0 unspecified atom stereocenters. The number of methoxy groups -OCH3 is 1. The van der Waals surface area contributed by atoms with Gasteiger partial charge in [-0.3, -0.25) is 4.79 Å². The molecule has 0 N–H and O–H groups in total. The number of hydrogen-bond donors (Lipinski definition) is 0. The Morgan fingerprint density at radius 2 is 1.81 bits per heavy atom. The molecule has 1 saturated carbocycles. The standard InChI is InChI=1S/C22H34ClN3O5S/c1-4-14-31-21-19(23)15-17(16-20(21)30-3)22(27)25-10-12-26(13-11-25)32(28,29)24(2)18-8-6-5-7-9-18/h15-16,18H,4-14H2,1-3H3. The van der Waals surface area contributed by atoms with Gasteiger partial charge in [0.2, 0.25) is 0 Å². The van der Waals surface area contributed by atoms with Crippen molar-refractivity contribution in [3.8, 4) is 11.5 Å². The third-order valence-corrected chi connectivity index (χ3v) is 8.56. The third kappa shape index (κ3) is 5.50. The summed E-state index contributed by atoms with van der Waals surface area (Å²) < 4.78 is 40.2. The lowest BCUT2D eigenvalue weighted by atomic mass is 9.96. The largest absolute Gasteiger partial charge is 0.493 e. The van der Waals surface area contributed by atoms with Gasteiger partial charge in [0.25, 0.3) is 16.1 Å². The molecule has 1 amide bonds. The summed E-state index contributed by atoms with van der Waals surface area (Å²) in [6.45, 7) is 3.68. The maximum Gasteiger partial charge on any atom is 0.282 e. The van der Waals surface area contributed by atoms with E-state index < -0.39 is 10.2 Å². The maximum absolute atomic E-state index is 13.1. The summed E-state index contributed by atoms with van der Waals surface area (Å²) in [6.07, 6.45) is 5.96. The van der Waals surface area contributed by atoms with E-state index in [2.05, 4.69) is 0 Å². The smallest absolute Gasteiger partial charge is 0.282 e. The number of carbonyl (C=O) groups is 1. The first-order valence-corrected chi connectivity index (χ1v) is 13.1. The molecule has 2 aliphatic rings. The summed E-state index contributed by atoms with van der Waals surface area (Å²) in [5.74, 6) is 0.628. The predicted molar refractivity (Wildman–Crippen MR) is 125 cm³/mol. The van der Waals surface area contributed by atoms with E-state index in [1.165, 1.54) is 22.1 Å². The van der Waals surface area contributed by atoms with Crippen LogP contribution in [0.4, 0.5) is 0 Å². The van der Waals surface area contributed by atoms with Crippen molar-refractivity contribution >= 4 is 27.7 Å². The van der Waals surface area contributed by atoms with Crippen molar-refractivity contribution in [1.29, 1.82) is 0 Å². The third-order valence-electron chi connectivity index (χ3n) is 6.23. The van der Waals surface area contributed by atoms with Gasteiger partial charge >= 0.3 is 0 Å². The molecular weight excluding hydrogens is 454 g/mol. The second-order valence-electron chi connectivity index (χ2n) is 8.34. The number of rotatable bonds is 8. The number of piperazine rings is 1. The Bertz CT molecular complexity index is 897. The van der Waals surface area contributed by atoms with E-state index in [1.54, 1.807) is 24.1 Å². The van der Waals surface area contributed by atoms with Gasteiger partial charge in [-0.1, -0.05) is 37.8 Å². The first-order valence-electron chi connectivity index (χ1n) is 11.3. The van der Waals surface area contributed by atoms with Crippen LogP contribution in [0.1, 0.15) is 55.8 Å². The summed E-state index contributed by atoms with van der Waals surface area (Å²) in [7, 11) is -0.351. The van der Waals surface area contributed by atoms with Crippen LogP contribution in [0.3, 0.4) is 0 Å². The zero-order valence-corrected chi connectivity index (χ0v) is 20.8. The Kier molecular flexibility index (Phi) is 8.66. The summed E-state index contributed by atoms with van der Waals surface area (Å²) in [5, 5.41) is 0.316. The molecule has 3 rings (SSSR count). The molecule has 180 valence electrons. The number of carbonyl (C=O) groups excluding carboxylic acids is 1. The van der Waals surface area contributed by atoms with E-state index in [0.717, 1.165) is 32.1 Å². The van der Waals surface area contributed by atoms with Crippen LogP contribution in [0.5, 0.6) is 11.5 Å². The fourth-order valence-corrected chi connectivity index (χ4v) is 6.15. The number of halogens is 1. The summed E-state index contributed by atoms with van der Waals surface area (Å²) in [6, 6.07) is 3.27. The second-order valence-corrected chi connectivity index (χ2v) is 10.7. The molecule has 2 fully saturated rings. The Balaban J connectivity index is 1.65. The molecule has 1 aromatic rings. The minimum absolute atomic E-state index is 0.0662.